The van der Waals surface area contributed by atoms with Crippen molar-refractivity contribution < 1.29 is 23.5 Å². The number of halogens is 2. The lowest BCUT2D eigenvalue weighted by atomic mass is 9.95. The number of aliphatic hydroxyl groups is 1. The van der Waals surface area contributed by atoms with Crippen molar-refractivity contribution in [1.29, 1.82) is 0 Å². The van der Waals surface area contributed by atoms with Crippen molar-refractivity contribution >= 4 is 23.2 Å². The van der Waals surface area contributed by atoms with E-state index in [1.165, 1.54) is 23.5 Å². The Kier molecular flexibility index (Phi) is 8.87. The molecule has 40 heavy (non-hydrogen) atoms. The number of amides is 2. The Hall–Kier alpha value is -3.21. The van der Waals surface area contributed by atoms with Crippen LogP contribution in [-0.4, -0.2) is 58.1 Å². The Bertz CT molecular complexity index is 1330. The highest BCUT2D eigenvalue weighted by Crippen LogP contribution is 2.35. The maximum atomic E-state index is 13.9. The predicted octanol–water partition coefficient (Wildman–Crippen LogP) is 4.82. The van der Waals surface area contributed by atoms with Crippen LogP contribution in [0.15, 0.2) is 53.9 Å². The summed E-state index contributed by atoms with van der Waals surface area (Å²) in [4.78, 5) is 33.3. The molecule has 2 aromatic carbocycles. The molecule has 0 bridgehead atoms. The van der Waals surface area contributed by atoms with Crippen LogP contribution in [0.3, 0.4) is 0 Å². The first-order valence-corrected chi connectivity index (χ1v) is 14.6. The molecule has 0 spiro atoms. The van der Waals surface area contributed by atoms with Crippen LogP contribution in [0.5, 0.6) is 0 Å². The van der Waals surface area contributed by atoms with Gasteiger partial charge in [-0.1, -0.05) is 30.3 Å². The molecule has 0 aliphatic carbocycles. The Morgan fingerprint density at radius 3 is 2.60 bits per heavy atom. The monoisotopic (exact) mass is 568 g/mol. The minimum atomic E-state index is -2.86. The predicted molar refractivity (Wildman–Crippen MR) is 150 cm³/mol. The van der Waals surface area contributed by atoms with Crippen molar-refractivity contribution in [2.45, 2.75) is 69.7 Å². The molecule has 2 aliphatic rings. The largest absolute Gasteiger partial charge is 0.389 e. The van der Waals surface area contributed by atoms with Crippen molar-refractivity contribution in [3.05, 3.63) is 86.9 Å². The number of hydrogen-bond donors (Lipinski definition) is 3. The molecule has 0 radical (unpaired) electrons. The van der Waals surface area contributed by atoms with Crippen LogP contribution in [-0.2, 0) is 6.42 Å². The molecule has 5 rings (SSSR count). The van der Waals surface area contributed by atoms with Crippen molar-refractivity contribution in [2.24, 2.45) is 0 Å². The van der Waals surface area contributed by atoms with Crippen LogP contribution in [0.4, 0.5) is 8.78 Å². The van der Waals surface area contributed by atoms with Gasteiger partial charge < -0.3 is 20.6 Å². The number of nitrogens with zero attached hydrogens (tertiary/aromatic N) is 2. The first-order chi connectivity index (χ1) is 19.3. The molecule has 4 atom stereocenters. The van der Waals surface area contributed by atoms with E-state index in [0.29, 0.717) is 13.0 Å². The third-order valence-corrected chi connectivity index (χ3v) is 8.75. The van der Waals surface area contributed by atoms with Crippen molar-refractivity contribution in [3.8, 4) is 0 Å². The number of nitrogens with one attached hydrogen (secondary N) is 2. The van der Waals surface area contributed by atoms with E-state index in [1.54, 1.807) is 4.90 Å². The molecule has 0 unspecified atom stereocenters. The van der Waals surface area contributed by atoms with Crippen molar-refractivity contribution in [1.82, 2.24) is 20.5 Å². The smallest absolute Gasteiger partial charge is 0.263 e. The zero-order valence-corrected chi connectivity index (χ0v) is 23.2. The summed E-state index contributed by atoms with van der Waals surface area (Å²) in [5.74, 6) is -1.01. The summed E-state index contributed by atoms with van der Waals surface area (Å²) in [5, 5.41) is 20.1. The van der Waals surface area contributed by atoms with E-state index >= 15 is 0 Å². The zero-order valence-electron chi connectivity index (χ0n) is 22.4. The number of hydrogen-bond acceptors (Lipinski definition) is 6. The van der Waals surface area contributed by atoms with Gasteiger partial charge in [-0.3, -0.25) is 9.59 Å². The number of rotatable bonds is 9. The average Bonchev–Trinajstić information content (AvgIpc) is 3.74. The number of aliphatic hydroxyl groups excluding tert-OH is 1. The highest BCUT2D eigenvalue weighted by Gasteiger charge is 2.34. The lowest BCUT2D eigenvalue weighted by Gasteiger charge is -2.29. The van der Waals surface area contributed by atoms with Crippen LogP contribution in [0.25, 0.3) is 0 Å². The van der Waals surface area contributed by atoms with Gasteiger partial charge in [-0.05, 0) is 69.3 Å². The van der Waals surface area contributed by atoms with Gasteiger partial charge in [0.1, 0.15) is 5.01 Å². The third kappa shape index (κ3) is 6.40. The average molecular weight is 569 g/mol. The van der Waals surface area contributed by atoms with Crippen molar-refractivity contribution in [2.75, 3.05) is 13.1 Å². The molecular formula is C30H34F2N4O3S. The summed E-state index contributed by atoms with van der Waals surface area (Å²) in [6.07, 6.45) is -0.137. The van der Waals surface area contributed by atoms with Crippen LogP contribution in [0, 0.1) is 6.92 Å². The number of aryl methyl sites for hydroxylation is 1. The number of carbonyl (C=O) groups excluding carboxylic acids is 2. The number of alkyl halides is 2. The van der Waals surface area contributed by atoms with E-state index in [1.807, 2.05) is 42.6 Å². The molecular weight excluding hydrogens is 534 g/mol. The summed E-state index contributed by atoms with van der Waals surface area (Å²) in [5.41, 5.74) is 1.42. The highest BCUT2D eigenvalue weighted by molar-refractivity contribution is 7.09. The first-order valence-electron chi connectivity index (χ1n) is 13.7. The second-order valence-electron chi connectivity index (χ2n) is 10.6. The Labute approximate surface area is 236 Å². The molecule has 2 saturated heterocycles. The molecule has 2 aliphatic heterocycles. The SMILES string of the molecule is Cc1csc([C@H]2CCCN2C(=O)c2cc(C(=O)N[C@H](Cc3ccccc3)[C@H](O)[C@@H]3CCCN3)cc(C(F)F)c2)n1. The normalized spacial score (nSPS) is 20.6. The molecule has 0 saturated carbocycles. The number of benzene rings is 2. The van der Waals surface area contributed by atoms with Crippen LogP contribution in [0.1, 0.15) is 80.7 Å². The number of likely N-dealkylation sites (tertiary alicyclic amines) is 1. The van der Waals surface area contributed by atoms with Gasteiger partial charge in [0.25, 0.3) is 18.2 Å². The van der Waals surface area contributed by atoms with Gasteiger partial charge >= 0.3 is 0 Å². The minimum Gasteiger partial charge on any atom is -0.389 e. The van der Waals surface area contributed by atoms with E-state index in [-0.39, 0.29) is 23.2 Å². The fourth-order valence-electron chi connectivity index (χ4n) is 5.65. The molecule has 10 heteroatoms. The Morgan fingerprint density at radius 2 is 1.93 bits per heavy atom. The van der Waals surface area contributed by atoms with Crippen molar-refractivity contribution in [3.63, 3.8) is 0 Å². The van der Waals surface area contributed by atoms with E-state index < -0.39 is 35.9 Å². The van der Waals surface area contributed by atoms with E-state index in [4.69, 9.17) is 0 Å². The Morgan fingerprint density at radius 1 is 1.15 bits per heavy atom. The summed E-state index contributed by atoms with van der Waals surface area (Å²) < 4.78 is 27.9. The molecule has 1 aromatic heterocycles. The molecule has 7 nitrogen and oxygen atoms in total. The zero-order chi connectivity index (χ0) is 28.2. The fraction of sp³-hybridized carbons (Fsp3) is 0.433. The van der Waals surface area contributed by atoms with Gasteiger partial charge in [0.05, 0.1) is 18.2 Å². The minimum absolute atomic E-state index is 0.0355. The first kappa shape index (κ1) is 28.3. The maximum absolute atomic E-state index is 13.9. The molecule has 212 valence electrons. The van der Waals surface area contributed by atoms with Gasteiger partial charge in [-0.25, -0.2) is 13.8 Å². The van der Waals surface area contributed by atoms with Crippen LogP contribution < -0.4 is 10.6 Å². The van der Waals surface area contributed by atoms with Gasteiger partial charge in [0, 0.05) is 40.4 Å². The van der Waals surface area contributed by atoms with Gasteiger partial charge in [0.2, 0.25) is 0 Å². The highest BCUT2D eigenvalue weighted by atomic mass is 32.1. The lowest BCUT2D eigenvalue weighted by molar-refractivity contribution is 0.0732. The quantitative estimate of drug-likeness (QED) is 0.344. The van der Waals surface area contributed by atoms with E-state index in [0.717, 1.165) is 54.6 Å². The molecule has 2 fully saturated rings. The third-order valence-electron chi connectivity index (χ3n) is 7.69. The topological polar surface area (TPSA) is 94.6 Å². The number of carbonyl (C=O) groups is 2. The van der Waals surface area contributed by atoms with Crippen LogP contribution >= 0.6 is 11.3 Å². The molecule has 3 aromatic rings. The Balaban J connectivity index is 1.41. The number of aromatic nitrogens is 1. The summed E-state index contributed by atoms with van der Waals surface area (Å²) in [6, 6.07) is 12.1. The summed E-state index contributed by atoms with van der Waals surface area (Å²) in [7, 11) is 0. The molecule has 3 heterocycles. The number of thiazole rings is 1. The van der Waals surface area contributed by atoms with Gasteiger partial charge in [-0.2, -0.15) is 0 Å². The maximum Gasteiger partial charge on any atom is 0.263 e. The second kappa shape index (κ2) is 12.5. The lowest BCUT2D eigenvalue weighted by Crippen LogP contribution is -2.52. The molecule has 3 N–H and O–H groups in total. The molecule has 2 amide bonds. The second-order valence-corrected chi connectivity index (χ2v) is 11.5. The van der Waals surface area contributed by atoms with Gasteiger partial charge in [-0.15, -0.1) is 11.3 Å². The standard InChI is InChI=1S/C30H34F2N4O3S/c1-18-17-40-29(34-18)25-10-6-12-36(25)30(39)22-15-20(27(31)32)14-21(16-22)28(38)35-24(13-19-7-3-2-4-8-19)26(37)23-9-5-11-33-23/h2-4,7-8,14-17,23-27,33,37H,5-6,9-13H2,1H3,(H,35,38)/t23-,24+,25+,26+/m0/s1. The van der Waals surface area contributed by atoms with E-state index in [9.17, 15) is 23.5 Å². The van der Waals surface area contributed by atoms with E-state index in [2.05, 4.69) is 15.6 Å². The fourth-order valence-corrected chi connectivity index (χ4v) is 6.59. The van der Waals surface area contributed by atoms with Crippen LogP contribution in [0.2, 0.25) is 0 Å². The summed E-state index contributed by atoms with van der Waals surface area (Å²) >= 11 is 1.48. The van der Waals surface area contributed by atoms with Gasteiger partial charge in [0.15, 0.2) is 0 Å². The summed E-state index contributed by atoms with van der Waals surface area (Å²) in [6.45, 7) is 3.17.